The van der Waals surface area contributed by atoms with Crippen LogP contribution >= 0.6 is 0 Å². The van der Waals surface area contributed by atoms with E-state index in [0.29, 0.717) is 5.41 Å². The van der Waals surface area contributed by atoms with Gasteiger partial charge in [0.05, 0.1) is 18.5 Å². The van der Waals surface area contributed by atoms with Crippen molar-refractivity contribution in [2.45, 2.75) is 12.8 Å². The highest BCUT2D eigenvalue weighted by atomic mass is 16.5. The summed E-state index contributed by atoms with van der Waals surface area (Å²) in [5.74, 6) is 0. The van der Waals surface area contributed by atoms with Crippen molar-refractivity contribution >= 4 is 5.69 Å². The van der Waals surface area contributed by atoms with Crippen LogP contribution in [0.4, 0.5) is 5.69 Å². The third-order valence-corrected chi connectivity index (χ3v) is 3.63. The van der Waals surface area contributed by atoms with E-state index >= 15 is 0 Å². The highest BCUT2D eigenvalue weighted by molar-refractivity contribution is 5.45. The van der Waals surface area contributed by atoms with Crippen LogP contribution in [0.3, 0.4) is 0 Å². The first-order valence-electron chi connectivity index (χ1n) is 5.61. The van der Waals surface area contributed by atoms with Gasteiger partial charge in [0, 0.05) is 31.3 Å². The van der Waals surface area contributed by atoms with Crippen molar-refractivity contribution in [2.75, 3.05) is 31.2 Å². The summed E-state index contributed by atoms with van der Waals surface area (Å²) in [6, 6.07) is 4.15. The molecule has 2 saturated heterocycles. The second kappa shape index (κ2) is 3.49. The smallest absolute Gasteiger partial charge is 0.0552 e. The number of ether oxygens (including phenoxy) is 1. The Hall–Kier alpha value is -1.09. The van der Waals surface area contributed by atoms with Gasteiger partial charge in [-0.3, -0.25) is 4.98 Å². The lowest BCUT2D eigenvalue weighted by molar-refractivity contribution is 0.160. The quantitative estimate of drug-likeness (QED) is 0.696. The molecule has 3 heteroatoms. The molecule has 0 aliphatic carbocycles. The standard InChI is InChI=1S/C12H16N2O/c1-2-11(8-13-5-1)14-6-3-12(9-14)4-7-15-10-12/h1-2,5,8H,3-4,6-7,9-10H2. The Bertz CT molecular complexity index is 333. The van der Waals surface area contributed by atoms with Gasteiger partial charge in [0.2, 0.25) is 0 Å². The van der Waals surface area contributed by atoms with Gasteiger partial charge < -0.3 is 9.64 Å². The number of pyridine rings is 1. The number of aromatic nitrogens is 1. The molecule has 0 bridgehead atoms. The Morgan fingerprint density at radius 3 is 3.13 bits per heavy atom. The topological polar surface area (TPSA) is 25.4 Å². The summed E-state index contributed by atoms with van der Waals surface area (Å²) >= 11 is 0. The Labute approximate surface area is 90.1 Å². The van der Waals surface area contributed by atoms with Gasteiger partial charge in [-0.2, -0.15) is 0 Å². The fourth-order valence-electron chi connectivity index (χ4n) is 2.67. The van der Waals surface area contributed by atoms with E-state index in [1.54, 1.807) is 0 Å². The van der Waals surface area contributed by atoms with Gasteiger partial charge in [0.25, 0.3) is 0 Å². The number of nitrogens with zero attached hydrogens (tertiary/aromatic N) is 2. The van der Waals surface area contributed by atoms with Crippen LogP contribution in [0.2, 0.25) is 0 Å². The average molecular weight is 204 g/mol. The zero-order chi connectivity index (χ0) is 10.1. The largest absolute Gasteiger partial charge is 0.381 e. The van der Waals surface area contributed by atoms with Crippen LogP contribution in [0.25, 0.3) is 0 Å². The minimum atomic E-state index is 0.440. The molecule has 1 atom stereocenters. The fraction of sp³-hybridized carbons (Fsp3) is 0.583. The molecule has 2 aliphatic heterocycles. The molecule has 15 heavy (non-hydrogen) atoms. The van der Waals surface area contributed by atoms with Gasteiger partial charge in [0.15, 0.2) is 0 Å². The highest BCUT2D eigenvalue weighted by Gasteiger charge is 2.41. The number of rotatable bonds is 1. The van der Waals surface area contributed by atoms with Crippen molar-refractivity contribution < 1.29 is 4.74 Å². The molecule has 1 unspecified atom stereocenters. The maximum Gasteiger partial charge on any atom is 0.0552 e. The van der Waals surface area contributed by atoms with Gasteiger partial charge in [-0.05, 0) is 25.0 Å². The van der Waals surface area contributed by atoms with Crippen molar-refractivity contribution in [1.82, 2.24) is 4.98 Å². The molecule has 1 aromatic heterocycles. The van der Waals surface area contributed by atoms with Crippen molar-refractivity contribution in [3.05, 3.63) is 24.5 Å². The summed E-state index contributed by atoms with van der Waals surface area (Å²) in [6.07, 6.45) is 6.27. The fourth-order valence-corrected chi connectivity index (χ4v) is 2.67. The zero-order valence-corrected chi connectivity index (χ0v) is 8.85. The van der Waals surface area contributed by atoms with Crippen LogP contribution in [0.1, 0.15) is 12.8 Å². The number of hydrogen-bond acceptors (Lipinski definition) is 3. The molecule has 1 spiro atoms. The second-order valence-corrected chi connectivity index (χ2v) is 4.69. The first kappa shape index (κ1) is 9.16. The van der Waals surface area contributed by atoms with Gasteiger partial charge in [-0.25, -0.2) is 0 Å². The minimum Gasteiger partial charge on any atom is -0.381 e. The van der Waals surface area contributed by atoms with E-state index in [1.807, 2.05) is 18.5 Å². The van der Waals surface area contributed by atoms with E-state index in [2.05, 4.69) is 16.0 Å². The number of hydrogen-bond donors (Lipinski definition) is 0. The second-order valence-electron chi connectivity index (χ2n) is 4.69. The third-order valence-electron chi connectivity index (χ3n) is 3.63. The van der Waals surface area contributed by atoms with E-state index in [-0.39, 0.29) is 0 Å². The van der Waals surface area contributed by atoms with Crippen LogP contribution in [-0.2, 0) is 4.74 Å². The van der Waals surface area contributed by atoms with E-state index in [1.165, 1.54) is 18.5 Å². The first-order chi connectivity index (χ1) is 7.38. The van der Waals surface area contributed by atoms with Gasteiger partial charge in [-0.1, -0.05) is 0 Å². The summed E-state index contributed by atoms with van der Waals surface area (Å²) in [5, 5.41) is 0. The van der Waals surface area contributed by atoms with E-state index < -0.39 is 0 Å². The molecule has 0 radical (unpaired) electrons. The maximum atomic E-state index is 5.52. The lowest BCUT2D eigenvalue weighted by atomic mass is 9.87. The normalized spacial score (nSPS) is 30.3. The predicted molar refractivity (Wildman–Crippen MR) is 58.9 cm³/mol. The Balaban J connectivity index is 1.76. The molecule has 2 aliphatic rings. The molecule has 0 N–H and O–H groups in total. The summed E-state index contributed by atoms with van der Waals surface area (Å²) in [4.78, 5) is 6.60. The van der Waals surface area contributed by atoms with E-state index in [9.17, 15) is 0 Å². The molecule has 80 valence electrons. The SMILES string of the molecule is c1cncc(N2CCC3(CCOC3)C2)c1. The molecular formula is C12H16N2O. The van der Waals surface area contributed by atoms with Crippen LogP contribution in [0.5, 0.6) is 0 Å². The van der Waals surface area contributed by atoms with E-state index in [0.717, 1.165) is 26.3 Å². The van der Waals surface area contributed by atoms with Crippen LogP contribution in [0.15, 0.2) is 24.5 Å². The molecule has 2 fully saturated rings. The summed E-state index contributed by atoms with van der Waals surface area (Å²) < 4.78 is 5.52. The van der Waals surface area contributed by atoms with Crippen LogP contribution in [-0.4, -0.2) is 31.3 Å². The van der Waals surface area contributed by atoms with Gasteiger partial charge in [-0.15, -0.1) is 0 Å². The van der Waals surface area contributed by atoms with E-state index in [4.69, 9.17) is 4.74 Å². The molecule has 1 aromatic rings. The van der Waals surface area contributed by atoms with Crippen molar-refractivity contribution in [3.63, 3.8) is 0 Å². The lowest BCUT2D eigenvalue weighted by Gasteiger charge is -2.22. The minimum absolute atomic E-state index is 0.440. The molecule has 3 rings (SSSR count). The highest BCUT2D eigenvalue weighted by Crippen LogP contribution is 2.39. The molecule has 3 heterocycles. The summed E-state index contributed by atoms with van der Waals surface area (Å²) in [6.45, 7) is 4.18. The predicted octanol–water partition coefficient (Wildman–Crippen LogP) is 1.70. The van der Waals surface area contributed by atoms with Crippen molar-refractivity contribution in [1.29, 1.82) is 0 Å². The molecule has 3 nitrogen and oxygen atoms in total. The molecule has 0 saturated carbocycles. The van der Waals surface area contributed by atoms with Crippen LogP contribution in [0, 0.1) is 5.41 Å². The summed E-state index contributed by atoms with van der Waals surface area (Å²) in [5.41, 5.74) is 1.69. The van der Waals surface area contributed by atoms with Crippen molar-refractivity contribution in [3.8, 4) is 0 Å². The van der Waals surface area contributed by atoms with Gasteiger partial charge in [0.1, 0.15) is 0 Å². The average Bonchev–Trinajstić information content (AvgIpc) is 2.91. The molecule has 0 aromatic carbocycles. The molecule has 0 amide bonds. The maximum absolute atomic E-state index is 5.52. The lowest BCUT2D eigenvalue weighted by Crippen LogP contribution is -2.27. The molecular weight excluding hydrogens is 188 g/mol. The summed E-state index contributed by atoms with van der Waals surface area (Å²) in [7, 11) is 0. The Morgan fingerprint density at radius 1 is 1.40 bits per heavy atom. The Morgan fingerprint density at radius 2 is 2.40 bits per heavy atom. The Kier molecular flexibility index (Phi) is 2.13. The first-order valence-corrected chi connectivity index (χ1v) is 5.61. The monoisotopic (exact) mass is 204 g/mol. The third kappa shape index (κ3) is 1.61. The van der Waals surface area contributed by atoms with Crippen molar-refractivity contribution in [2.24, 2.45) is 5.41 Å². The van der Waals surface area contributed by atoms with Crippen LogP contribution < -0.4 is 4.90 Å². The number of anilines is 1. The zero-order valence-electron chi connectivity index (χ0n) is 8.85. The van der Waals surface area contributed by atoms with Gasteiger partial charge >= 0.3 is 0 Å².